The molecule has 2 aromatic heterocycles. The fourth-order valence-corrected chi connectivity index (χ4v) is 4.32. The number of hydrogen-bond acceptors (Lipinski definition) is 5. The van der Waals surface area contributed by atoms with E-state index in [4.69, 9.17) is 16.3 Å². The van der Waals surface area contributed by atoms with E-state index < -0.39 is 0 Å². The molecular weight excluding hydrogens is 416 g/mol. The molecule has 0 radical (unpaired) electrons. The largest absolute Gasteiger partial charge is 0.497 e. The third-order valence-corrected chi connectivity index (χ3v) is 6.08. The summed E-state index contributed by atoms with van der Waals surface area (Å²) in [6.07, 6.45) is 2.59. The molecule has 0 saturated carbocycles. The molecule has 30 heavy (non-hydrogen) atoms. The van der Waals surface area contributed by atoms with E-state index in [-0.39, 0.29) is 0 Å². The highest BCUT2D eigenvalue weighted by Gasteiger charge is 2.15. The molecule has 0 amide bonds. The van der Waals surface area contributed by atoms with Gasteiger partial charge in [0.2, 0.25) is 0 Å². The average molecular weight is 437 g/mol. The van der Waals surface area contributed by atoms with Gasteiger partial charge in [-0.2, -0.15) is 0 Å². The summed E-state index contributed by atoms with van der Waals surface area (Å²) in [5.41, 5.74) is 3.26. The van der Waals surface area contributed by atoms with Gasteiger partial charge in [-0.05, 0) is 47.9 Å². The van der Waals surface area contributed by atoms with Crippen molar-refractivity contribution < 1.29 is 4.74 Å². The molecule has 0 aliphatic carbocycles. The lowest BCUT2D eigenvalue weighted by Crippen LogP contribution is -2.05. The Bertz CT molecular complexity index is 1100. The van der Waals surface area contributed by atoms with Crippen LogP contribution in [-0.2, 0) is 18.7 Å². The summed E-state index contributed by atoms with van der Waals surface area (Å²) in [6.45, 7) is 0.779. The van der Waals surface area contributed by atoms with Crippen LogP contribution in [0.2, 0.25) is 5.15 Å². The number of rotatable bonds is 8. The number of ether oxygens (including phenoxy) is 1. The number of nitrogens with zero attached hydrogens (tertiary/aromatic N) is 4. The van der Waals surface area contributed by atoms with Crippen LogP contribution < -0.4 is 4.74 Å². The van der Waals surface area contributed by atoms with E-state index in [1.807, 2.05) is 42.5 Å². The smallest absolute Gasteiger partial charge is 0.191 e. The first-order valence-electron chi connectivity index (χ1n) is 9.58. The molecule has 7 heteroatoms. The third-order valence-electron chi connectivity index (χ3n) is 4.73. The van der Waals surface area contributed by atoms with Gasteiger partial charge in [0.15, 0.2) is 11.0 Å². The molecule has 0 unspecified atom stereocenters. The number of aryl methyl sites for hydroxylation is 1. The number of methoxy groups -OCH3 is 1. The zero-order valence-corrected chi connectivity index (χ0v) is 18.1. The van der Waals surface area contributed by atoms with Gasteiger partial charge in [0.05, 0.1) is 7.11 Å². The standard InChI is InChI=1S/C23H21ClN4OS/c1-29-20-11-9-18(10-12-20)22-26-27-23(30-16-19-8-5-14-25-21(19)24)28(22)15-13-17-6-3-2-4-7-17/h2-12,14H,13,15-16H2,1H3. The Kier molecular flexibility index (Phi) is 6.67. The summed E-state index contributed by atoms with van der Waals surface area (Å²) in [7, 11) is 1.66. The Morgan fingerprint density at radius 2 is 1.77 bits per heavy atom. The molecule has 4 aromatic rings. The molecule has 0 N–H and O–H groups in total. The van der Waals surface area contributed by atoms with Crippen molar-refractivity contribution in [2.24, 2.45) is 0 Å². The lowest BCUT2D eigenvalue weighted by Gasteiger charge is -2.11. The Labute approximate surface area is 185 Å². The van der Waals surface area contributed by atoms with Crippen LogP contribution in [0.15, 0.2) is 78.1 Å². The quantitative estimate of drug-likeness (QED) is 0.268. The molecule has 2 aromatic carbocycles. The van der Waals surface area contributed by atoms with Crippen LogP contribution in [0.3, 0.4) is 0 Å². The van der Waals surface area contributed by atoms with Gasteiger partial charge in [0.1, 0.15) is 10.9 Å². The summed E-state index contributed by atoms with van der Waals surface area (Å²) in [5.74, 6) is 2.34. The molecule has 0 aliphatic heterocycles. The van der Waals surface area contributed by atoms with Crippen molar-refractivity contribution in [3.63, 3.8) is 0 Å². The Morgan fingerprint density at radius 3 is 2.50 bits per heavy atom. The molecule has 0 saturated heterocycles. The fourth-order valence-electron chi connectivity index (χ4n) is 3.11. The lowest BCUT2D eigenvalue weighted by molar-refractivity contribution is 0.415. The minimum atomic E-state index is 0.524. The van der Waals surface area contributed by atoms with Gasteiger partial charge in [-0.25, -0.2) is 4.98 Å². The van der Waals surface area contributed by atoms with Gasteiger partial charge in [-0.3, -0.25) is 0 Å². The van der Waals surface area contributed by atoms with Crippen LogP contribution in [0.1, 0.15) is 11.1 Å². The molecule has 0 atom stereocenters. The normalized spacial score (nSPS) is 10.9. The highest BCUT2D eigenvalue weighted by Crippen LogP contribution is 2.29. The first kappa shape index (κ1) is 20.4. The number of halogens is 1. The zero-order chi connectivity index (χ0) is 20.8. The number of thioether (sulfide) groups is 1. The monoisotopic (exact) mass is 436 g/mol. The van der Waals surface area contributed by atoms with Crippen molar-refractivity contribution in [1.82, 2.24) is 19.7 Å². The lowest BCUT2D eigenvalue weighted by atomic mass is 10.1. The van der Waals surface area contributed by atoms with Gasteiger partial charge in [-0.15, -0.1) is 10.2 Å². The van der Waals surface area contributed by atoms with Crippen molar-refractivity contribution in [2.75, 3.05) is 7.11 Å². The third kappa shape index (κ3) is 4.83. The minimum absolute atomic E-state index is 0.524. The molecular formula is C23H21ClN4OS. The van der Waals surface area contributed by atoms with Gasteiger partial charge < -0.3 is 9.30 Å². The number of aromatic nitrogens is 4. The summed E-state index contributed by atoms with van der Waals surface area (Å²) in [4.78, 5) is 4.16. The SMILES string of the molecule is COc1ccc(-c2nnc(SCc3cccnc3Cl)n2CCc2ccccc2)cc1. The maximum absolute atomic E-state index is 6.22. The molecule has 4 rings (SSSR count). The highest BCUT2D eigenvalue weighted by molar-refractivity contribution is 7.98. The van der Waals surface area contributed by atoms with E-state index >= 15 is 0 Å². The second-order valence-corrected chi connectivity index (χ2v) is 7.96. The van der Waals surface area contributed by atoms with Crippen LogP contribution >= 0.6 is 23.4 Å². The van der Waals surface area contributed by atoms with Crippen molar-refractivity contribution >= 4 is 23.4 Å². The van der Waals surface area contributed by atoms with Crippen LogP contribution in [0.25, 0.3) is 11.4 Å². The molecule has 0 spiro atoms. The molecule has 0 bridgehead atoms. The van der Waals surface area contributed by atoms with Gasteiger partial charge >= 0.3 is 0 Å². The van der Waals surface area contributed by atoms with Gasteiger partial charge in [-0.1, -0.05) is 59.8 Å². The van der Waals surface area contributed by atoms with E-state index in [0.29, 0.717) is 10.9 Å². The maximum Gasteiger partial charge on any atom is 0.191 e. The van der Waals surface area contributed by atoms with Crippen molar-refractivity contribution in [3.8, 4) is 17.1 Å². The van der Waals surface area contributed by atoms with E-state index in [2.05, 4.69) is 44.0 Å². The van der Waals surface area contributed by atoms with Gasteiger partial charge in [0, 0.05) is 24.1 Å². The maximum atomic E-state index is 6.22. The highest BCUT2D eigenvalue weighted by atomic mass is 35.5. The first-order valence-corrected chi connectivity index (χ1v) is 10.9. The Morgan fingerprint density at radius 1 is 0.967 bits per heavy atom. The zero-order valence-electron chi connectivity index (χ0n) is 16.5. The molecule has 2 heterocycles. The summed E-state index contributed by atoms with van der Waals surface area (Å²) < 4.78 is 7.45. The predicted octanol–water partition coefficient (Wildman–Crippen LogP) is 5.54. The van der Waals surface area contributed by atoms with E-state index in [1.165, 1.54) is 5.56 Å². The van der Waals surface area contributed by atoms with Crippen LogP contribution in [0, 0.1) is 0 Å². The van der Waals surface area contributed by atoms with Crippen LogP contribution in [0.4, 0.5) is 0 Å². The van der Waals surface area contributed by atoms with E-state index in [1.54, 1.807) is 25.1 Å². The Balaban J connectivity index is 1.61. The second-order valence-electron chi connectivity index (χ2n) is 6.66. The Hall–Kier alpha value is -2.83. The van der Waals surface area contributed by atoms with Crippen molar-refractivity contribution in [2.45, 2.75) is 23.9 Å². The van der Waals surface area contributed by atoms with E-state index in [9.17, 15) is 0 Å². The van der Waals surface area contributed by atoms with Crippen molar-refractivity contribution in [3.05, 3.63) is 89.2 Å². The summed E-state index contributed by atoms with van der Waals surface area (Å²) >= 11 is 7.83. The second kappa shape index (κ2) is 9.78. The molecule has 0 aliphatic rings. The molecule has 152 valence electrons. The average Bonchev–Trinajstić information content (AvgIpc) is 3.20. The minimum Gasteiger partial charge on any atom is -0.497 e. The summed E-state index contributed by atoms with van der Waals surface area (Å²) in [6, 6.07) is 22.2. The number of benzene rings is 2. The van der Waals surface area contributed by atoms with Gasteiger partial charge in [0.25, 0.3) is 0 Å². The predicted molar refractivity (Wildman–Crippen MR) is 121 cm³/mol. The summed E-state index contributed by atoms with van der Waals surface area (Å²) in [5, 5.41) is 10.3. The molecule has 0 fully saturated rings. The van der Waals surface area contributed by atoms with Crippen molar-refractivity contribution in [1.29, 1.82) is 0 Å². The molecule has 5 nitrogen and oxygen atoms in total. The first-order chi connectivity index (χ1) is 14.7. The van der Waals surface area contributed by atoms with Crippen LogP contribution in [0.5, 0.6) is 5.75 Å². The van der Waals surface area contributed by atoms with E-state index in [0.717, 1.165) is 40.8 Å². The van der Waals surface area contributed by atoms with Crippen LogP contribution in [-0.4, -0.2) is 26.9 Å². The fraction of sp³-hybridized carbons (Fsp3) is 0.174. The number of pyridine rings is 1. The topological polar surface area (TPSA) is 52.8 Å². The number of hydrogen-bond donors (Lipinski definition) is 0.